The van der Waals surface area contributed by atoms with Crippen LogP contribution in [0, 0.1) is 5.82 Å². The number of amides is 1. The Morgan fingerprint density at radius 3 is 2.70 bits per heavy atom. The first-order valence-electron chi connectivity index (χ1n) is 8.76. The van der Waals surface area contributed by atoms with E-state index >= 15 is 0 Å². The van der Waals surface area contributed by atoms with Crippen molar-refractivity contribution in [2.45, 2.75) is 39.0 Å². The van der Waals surface area contributed by atoms with Crippen LogP contribution in [0.2, 0.25) is 0 Å². The highest BCUT2D eigenvalue weighted by molar-refractivity contribution is 9.10. The van der Waals surface area contributed by atoms with Gasteiger partial charge in [0.2, 0.25) is 5.91 Å². The number of nitrogens with one attached hydrogen (secondary N) is 1. The fourth-order valence-corrected chi connectivity index (χ4v) is 2.81. The predicted molar refractivity (Wildman–Crippen MR) is 110 cm³/mol. The highest BCUT2D eigenvalue weighted by atomic mass is 79.9. The number of hydrazone groups is 1. The summed E-state index contributed by atoms with van der Waals surface area (Å²) in [6, 6.07) is 12.0. The Balaban J connectivity index is 1.72. The predicted octanol–water partition coefficient (Wildman–Crippen LogP) is 5.20. The summed E-state index contributed by atoms with van der Waals surface area (Å²) in [6.07, 6.45) is 2.26. The van der Waals surface area contributed by atoms with Crippen LogP contribution in [0.15, 0.2) is 52.0 Å². The summed E-state index contributed by atoms with van der Waals surface area (Å²) in [5, 5.41) is 3.83. The Kier molecular flexibility index (Phi) is 7.54. The van der Waals surface area contributed by atoms with E-state index in [-0.39, 0.29) is 23.6 Å². The van der Waals surface area contributed by atoms with Crippen molar-refractivity contribution in [2.24, 2.45) is 5.10 Å². The summed E-state index contributed by atoms with van der Waals surface area (Å²) in [6.45, 7) is 6.90. The average Bonchev–Trinajstić information content (AvgIpc) is 2.59. The molecular weight excluding hydrogens is 411 g/mol. The molecule has 1 N–H and O–H groups in total. The highest BCUT2D eigenvalue weighted by Crippen LogP contribution is 2.31. The first-order chi connectivity index (χ1) is 12.8. The molecule has 0 bridgehead atoms. The zero-order valence-electron chi connectivity index (χ0n) is 15.8. The molecule has 0 spiro atoms. The first kappa shape index (κ1) is 21.1. The molecule has 0 aliphatic carbocycles. The van der Waals surface area contributed by atoms with Crippen LogP contribution >= 0.6 is 15.9 Å². The van der Waals surface area contributed by atoms with E-state index in [2.05, 4.69) is 53.3 Å². The zero-order chi connectivity index (χ0) is 19.9. The molecule has 27 heavy (non-hydrogen) atoms. The number of halogens is 2. The summed E-state index contributed by atoms with van der Waals surface area (Å²) in [4.78, 5) is 11.8. The van der Waals surface area contributed by atoms with Crippen LogP contribution in [0.4, 0.5) is 4.39 Å². The van der Waals surface area contributed by atoms with E-state index in [1.165, 1.54) is 23.9 Å². The molecule has 0 radical (unpaired) electrons. The van der Waals surface area contributed by atoms with Crippen LogP contribution in [0.1, 0.15) is 44.7 Å². The van der Waals surface area contributed by atoms with Crippen LogP contribution < -0.4 is 10.2 Å². The minimum atomic E-state index is -0.343. The number of ether oxygens (including phenoxy) is 1. The second kappa shape index (κ2) is 9.65. The number of hydrogen-bond acceptors (Lipinski definition) is 3. The first-order valence-corrected chi connectivity index (χ1v) is 9.55. The van der Waals surface area contributed by atoms with E-state index in [0.717, 1.165) is 10.2 Å². The van der Waals surface area contributed by atoms with E-state index in [1.54, 1.807) is 12.1 Å². The Hall–Kier alpha value is -2.21. The van der Waals surface area contributed by atoms with Gasteiger partial charge in [-0.1, -0.05) is 39.0 Å². The molecule has 0 unspecified atom stereocenters. The Morgan fingerprint density at radius 2 is 2.04 bits per heavy atom. The maximum atomic E-state index is 13.0. The second-order valence-electron chi connectivity index (χ2n) is 7.20. The van der Waals surface area contributed by atoms with Crippen molar-refractivity contribution in [3.05, 3.63) is 63.9 Å². The van der Waals surface area contributed by atoms with Gasteiger partial charge in [0, 0.05) is 6.42 Å². The Labute approximate surface area is 167 Å². The molecule has 2 aromatic carbocycles. The number of carbonyl (C=O) groups excluding carboxylic acids is 1. The van der Waals surface area contributed by atoms with Crippen molar-refractivity contribution in [1.29, 1.82) is 0 Å². The van der Waals surface area contributed by atoms with Gasteiger partial charge in [-0.25, -0.2) is 9.82 Å². The van der Waals surface area contributed by atoms with Gasteiger partial charge in [0.05, 0.1) is 17.3 Å². The standard InChI is InChI=1S/C21H24BrFN2O2/c1-21(2,3)16-9-10-19(18(22)13-16)27-11-5-8-20(26)25-24-14-15-6-4-7-17(23)12-15/h4,6-7,9-10,12-14H,5,8,11H2,1-3H3,(H,25,26)/b24-14+. The molecule has 144 valence electrons. The Morgan fingerprint density at radius 1 is 1.26 bits per heavy atom. The molecule has 6 heteroatoms. The summed E-state index contributed by atoms with van der Waals surface area (Å²) in [5.74, 6) is 0.199. The number of carbonyl (C=O) groups is 1. The summed E-state index contributed by atoms with van der Waals surface area (Å²) >= 11 is 3.53. The fraction of sp³-hybridized carbons (Fsp3) is 0.333. The zero-order valence-corrected chi connectivity index (χ0v) is 17.3. The molecule has 0 heterocycles. The topological polar surface area (TPSA) is 50.7 Å². The van der Waals surface area contributed by atoms with Crippen LogP contribution in [0.25, 0.3) is 0 Å². The average molecular weight is 435 g/mol. The molecule has 0 saturated heterocycles. The molecule has 0 fully saturated rings. The largest absolute Gasteiger partial charge is 0.492 e. The lowest BCUT2D eigenvalue weighted by molar-refractivity contribution is -0.121. The van der Waals surface area contributed by atoms with E-state index in [1.807, 2.05) is 12.1 Å². The molecule has 0 saturated carbocycles. The molecule has 0 aromatic heterocycles. The lowest BCUT2D eigenvalue weighted by atomic mass is 9.87. The van der Waals surface area contributed by atoms with E-state index < -0.39 is 0 Å². The number of rotatable bonds is 7. The molecular formula is C21H24BrFN2O2. The second-order valence-corrected chi connectivity index (χ2v) is 8.05. The molecule has 0 aliphatic rings. The Bertz CT molecular complexity index is 816. The molecule has 0 aliphatic heterocycles. The molecule has 2 aromatic rings. The lowest BCUT2D eigenvalue weighted by Gasteiger charge is -2.20. The normalized spacial score (nSPS) is 11.6. The van der Waals surface area contributed by atoms with Gasteiger partial charge >= 0.3 is 0 Å². The quantitative estimate of drug-likeness (QED) is 0.370. The van der Waals surface area contributed by atoms with Crippen molar-refractivity contribution in [3.8, 4) is 5.75 Å². The van der Waals surface area contributed by atoms with Crippen molar-refractivity contribution in [3.63, 3.8) is 0 Å². The van der Waals surface area contributed by atoms with E-state index in [0.29, 0.717) is 18.6 Å². The SMILES string of the molecule is CC(C)(C)c1ccc(OCCCC(=O)N/N=C/c2cccc(F)c2)c(Br)c1. The maximum Gasteiger partial charge on any atom is 0.240 e. The molecule has 4 nitrogen and oxygen atoms in total. The van der Waals surface area contributed by atoms with Crippen LogP contribution in [0.5, 0.6) is 5.75 Å². The maximum absolute atomic E-state index is 13.0. The van der Waals surface area contributed by atoms with Crippen molar-refractivity contribution < 1.29 is 13.9 Å². The van der Waals surface area contributed by atoms with Crippen molar-refractivity contribution >= 4 is 28.1 Å². The molecule has 1 amide bonds. The third-order valence-electron chi connectivity index (χ3n) is 3.86. The van der Waals surface area contributed by atoms with Gasteiger partial charge in [-0.05, 0) is 63.2 Å². The monoisotopic (exact) mass is 434 g/mol. The van der Waals surface area contributed by atoms with Gasteiger partial charge in [-0.15, -0.1) is 0 Å². The highest BCUT2D eigenvalue weighted by Gasteiger charge is 2.15. The summed E-state index contributed by atoms with van der Waals surface area (Å²) in [5.41, 5.74) is 4.31. The smallest absolute Gasteiger partial charge is 0.240 e. The lowest BCUT2D eigenvalue weighted by Crippen LogP contribution is -2.18. The van der Waals surface area contributed by atoms with Crippen molar-refractivity contribution in [2.75, 3.05) is 6.61 Å². The third kappa shape index (κ3) is 7.13. The van der Waals surface area contributed by atoms with E-state index in [9.17, 15) is 9.18 Å². The van der Waals surface area contributed by atoms with Gasteiger partial charge < -0.3 is 4.74 Å². The summed E-state index contributed by atoms with van der Waals surface area (Å²) < 4.78 is 19.7. The van der Waals surface area contributed by atoms with Crippen LogP contribution in [0.3, 0.4) is 0 Å². The minimum Gasteiger partial charge on any atom is -0.492 e. The fourth-order valence-electron chi connectivity index (χ4n) is 2.32. The van der Waals surface area contributed by atoms with Gasteiger partial charge in [-0.2, -0.15) is 5.10 Å². The third-order valence-corrected chi connectivity index (χ3v) is 4.47. The number of hydrogen-bond donors (Lipinski definition) is 1. The summed E-state index contributed by atoms with van der Waals surface area (Å²) in [7, 11) is 0. The van der Waals surface area contributed by atoms with Crippen LogP contribution in [-0.2, 0) is 10.2 Å². The van der Waals surface area contributed by atoms with Gasteiger partial charge in [0.1, 0.15) is 11.6 Å². The number of nitrogens with zero attached hydrogens (tertiary/aromatic N) is 1. The molecule has 2 rings (SSSR count). The van der Waals surface area contributed by atoms with Crippen molar-refractivity contribution in [1.82, 2.24) is 5.43 Å². The van der Waals surface area contributed by atoms with Crippen LogP contribution in [-0.4, -0.2) is 18.7 Å². The minimum absolute atomic E-state index is 0.0746. The number of benzene rings is 2. The van der Waals surface area contributed by atoms with Gasteiger partial charge in [0.15, 0.2) is 0 Å². The van der Waals surface area contributed by atoms with Gasteiger partial charge in [0.25, 0.3) is 0 Å². The molecule has 0 atom stereocenters. The van der Waals surface area contributed by atoms with Gasteiger partial charge in [-0.3, -0.25) is 4.79 Å². The van der Waals surface area contributed by atoms with E-state index in [4.69, 9.17) is 4.74 Å².